The highest BCUT2D eigenvalue weighted by Gasteiger charge is 2.24. The molecular formula is C16H32N4. The summed E-state index contributed by atoms with van der Waals surface area (Å²) in [5.74, 6) is 1.87. The Bertz CT molecular complexity index is 302. The van der Waals surface area contributed by atoms with Crippen molar-refractivity contribution in [1.29, 1.82) is 0 Å². The van der Waals surface area contributed by atoms with E-state index in [0.717, 1.165) is 31.5 Å². The van der Waals surface area contributed by atoms with E-state index in [9.17, 15) is 0 Å². The Balaban J connectivity index is 1.86. The van der Waals surface area contributed by atoms with E-state index in [-0.39, 0.29) is 0 Å². The predicted octanol–water partition coefficient (Wildman–Crippen LogP) is 2.17. The topological polar surface area (TPSA) is 30.9 Å². The zero-order valence-corrected chi connectivity index (χ0v) is 13.6. The van der Waals surface area contributed by atoms with E-state index >= 15 is 0 Å². The van der Waals surface area contributed by atoms with Crippen LogP contribution < -0.4 is 5.32 Å². The highest BCUT2D eigenvalue weighted by atomic mass is 15.3. The molecule has 0 spiro atoms. The first-order valence-electron chi connectivity index (χ1n) is 8.40. The molecule has 0 aliphatic carbocycles. The molecule has 1 atom stereocenters. The lowest BCUT2D eigenvalue weighted by Crippen LogP contribution is -2.47. The van der Waals surface area contributed by atoms with Crippen LogP contribution in [0.3, 0.4) is 0 Å². The zero-order chi connectivity index (χ0) is 14.4. The van der Waals surface area contributed by atoms with Gasteiger partial charge in [0.15, 0.2) is 5.96 Å². The Morgan fingerprint density at radius 3 is 2.20 bits per heavy atom. The molecule has 2 fully saturated rings. The molecule has 1 N–H and O–H groups in total. The van der Waals surface area contributed by atoms with Crippen molar-refractivity contribution >= 4 is 5.96 Å². The van der Waals surface area contributed by atoms with Crippen LogP contribution in [-0.4, -0.2) is 61.6 Å². The molecule has 0 saturated carbocycles. The molecule has 2 saturated heterocycles. The smallest absolute Gasteiger partial charge is 0.193 e. The molecule has 2 heterocycles. The zero-order valence-electron chi connectivity index (χ0n) is 13.6. The van der Waals surface area contributed by atoms with Crippen molar-refractivity contribution < 1.29 is 0 Å². The maximum Gasteiger partial charge on any atom is 0.193 e. The normalized spacial score (nSPS) is 22.8. The second kappa shape index (κ2) is 7.87. The van der Waals surface area contributed by atoms with E-state index in [2.05, 4.69) is 34.0 Å². The third-order valence-electron chi connectivity index (χ3n) is 4.51. The summed E-state index contributed by atoms with van der Waals surface area (Å²) in [5, 5.41) is 3.63. The van der Waals surface area contributed by atoms with Crippen LogP contribution in [0.1, 0.15) is 46.0 Å². The average molecular weight is 280 g/mol. The maximum atomic E-state index is 4.46. The summed E-state index contributed by atoms with van der Waals surface area (Å²) >= 11 is 0. The molecule has 4 heteroatoms. The fourth-order valence-electron chi connectivity index (χ4n) is 3.48. The van der Waals surface area contributed by atoms with Gasteiger partial charge in [0, 0.05) is 32.7 Å². The van der Waals surface area contributed by atoms with E-state index in [1.807, 2.05) is 7.05 Å². The highest BCUT2D eigenvalue weighted by Crippen LogP contribution is 2.17. The number of rotatable bonds is 5. The summed E-state index contributed by atoms with van der Waals surface area (Å²) in [6.07, 6.45) is 6.64. The minimum atomic E-state index is 0.664. The van der Waals surface area contributed by atoms with Crippen molar-refractivity contribution in [3.8, 4) is 0 Å². The van der Waals surface area contributed by atoms with Crippen molar-refractivity contribution in [2.45, 2.75) is 52.0 Å². The molecule has 0 aromatic heterocycles. The number of hydrogen-bond donors (Lipinski definition) is 1. The van der Waals surface area contributed by atoms with Gasteiger partial charge in [0.2, 0.25) is 0 Å². The number of nitrogens with zero attached hydrogens (tertiary/aromatic N) is 3. The van der Waals surface area contributed by atoms with Crippen LogP contribution in [0, 0.1) is 5.92 Å². The molecule has 4 nitrogen and oxygen atoms in total. The molecule has 2 rings (SSSR count). The fourth-order valence-corrected chi connectivity index (χ4v) is 3.48. The Morgan fingerprint density at radius 1 is 1.05 bits per heavy atom. The third kappa shape index (κ3) is 4.37. The van der Waals surface area contributed by atoms with Gasteiger partial charge in [-0.2, -0.15) is 0 Å². The van der Waals surface area contributed by atoms with Crippen LogP contribution >= 0.6 is 0 Å². The average Bonchev–Trinajstić information content (AvgIpc) is 3.11. The van der Waals surface area contributed by atoms with E-state index in [4.69, 9.17) is 0 Å². The molecule has 0 aromatic carbocycles. The van der Waals surface area contributed by atoms with Crippen molar-refractivity contribution in [2.24, 2.45) is 10.9 Å². The van der Waals surface area contributed by atoms with E-state index in [1.165, 1.54) is 45.2 Å². The first-order valence-corrected chi connectivity index (χ1v) is 8.40. The summed E-state index contributed by atoms with van der Waals surface area (Å²) < 4.78 is 0. The Kier molecular flexibility index (Phi) is 6.14. The van der Waals surface area contributed by atoms with Gasteiger partial charge in [-0.25, -0.2) is 0 Å². The largest absolute Gasteiger partial charge is 0.355 e. The van der Waals surface area contributed by atoms with Crippen LogP contribution in [0.2, 0.25) is 0 Å². The van der Waals surface area contributed by atoms with Gasteiger partial charge in [-0.3, -0.25) is 9.89 Å². The van der Waals surface area contributed by atoms with E-state index in [1.54, 1.807) is 0 Å². The molecule has 0 bridgehead atoms. The van der Waals surface area contributed by atoms with Crippen LogP contribution in [0.4, 0.5) is 0 Å². The van der Waals surface area contributed by atoms with Crippen molar-refractivity contribution in [3.63, 3.8) is 0 Å². The standard InChI is InChI=1S/C16H32N4/c1-14(2)12-15(19-8-4-5-9-19)13-18-16(17-3)20-10-6-7-11-20/h14-15H,4-13H2,1-3H3,(H,17,18). The minimum Gasteiger partial charge on any atom is -0.355 e. The quantitative estimate of drug-likeness (QED) is 0.618. The van der Waals surface area contributed by atoms with Crippen LogP contribution in [0.25, 0.3) is 0 Å². The lowest BCUT2D eigenvalue weighted by atomic mass is 10.0. The van der Waals surface area contributed by atoms with Crippen molar-refractivity contribution in [1.82, 2.24) is 15.1 Å². The van der Waals surface area contributed by atoms with Gasteiger partial charge in [-0.1, -0.05) is 13.8 Å². The Labute approximate surface area is 124 Å². The maximum absolute atomic E-state index is 4.46. The number of likely N-dealkylation sites (tertiary alicyclic amines) is 2. The SMILES string of the molecule is CN=C(NCC(CC(C)C)N1CCCC1)N1CCCC1. The van der Waals surface area contributed by atoms with Crippen LogP contribution in [-0.2, 0) is 0 Å². The van der Waals surface area contributed by atoms with E-state index < -0.39 is 0 Å². The second-order valence-electron chi connectivity index (χ2n) is 6.65. The Hall–Kier alpha value is -0.770. The number of aliphatic imine (C=N–C) groups is 1. The van der Waals surface area contributed by atoms with Gasteiger partial charge in [-0.05, 0) is 51.1 Å². The summed E-state index contributed by atoms with van der Waals surface area (Å²) in [5.41, 5.74) is 0. The number of nitrogens with one attached hydrogen (secondary N) is 1. The second-order valence-corrected chi connectivity index (χ2v) is 6.65. The highest BCUT2D eigenvalue weighted by molar-refractivity contribution is 5.80. The van der Waals surface area contributed by atoms with Crippen LogP contribution in [0.15, 0.2) is 4.99 Å². The Morgan fingerprint density at radius 2 is 1.65 bits per heavy atom. The lowest BCUT2D eigenvalue weighted by molar-refractivity contribution is 0.211. The monoisotopic (exact) mass is 280 g/mol. The van der Waals surface area contributed by atoms with Crippen molar-refractivity contribution in [2.75, 3.05) is 39.8 Å². The van der Waals surface area contributed by atoms with Gasteiger partial charge in [0.1, 0.15) is 0 Å². The first-order chi connectivity index (χ1) is 9.70. The molecule has 0 amide bonds. The molecule has 20 heavy (non-hydrogen) atoms. The molecule has 2 aliphatic rings. The number of hydrogen-bond acceptors (Lipinski definition) is 2. The summed E-state index contributed by atoms with van der Waals surface area (Å²) in [4.78, 5) is 9.53. The van der Waals surface area contributed by atoms with Gasteiger partial charge in [-0.15, -0.1) is 0 Å². The van der Waals surface area contributed by atoms with Gasteiger partial charge in [0.05, 0.1) is 0 Å². The van der Waals surface area contributed by atoms with Crippen LogP contribution in [0.5, 0.6) is 0 Å². The van der Waals surface area contributed by atoms with Gasteiger partial charge < -0.3 is 10.2 Å². The summed E-state index contributed by atoms with van der Waals surface area (Å²) in [6.45, 7) is 10.6. The lowest BCUT2D eigenvalue weighted by Gasteiger charge is -2.31. The minimum absolute atomic E-state index is 0.664. The summed E-state index contributed by atoms with van der Waals surface area (Å²) in [7, 11) is 1.91. The van der Waals surface area contributed by atoms with Crippen molar-refractivity contribution in [3.05, 3.63) is 0 Å². The number of guanidine groups is 1. The molecule has 1 unspecified atom stereocenters. The van der Waals surface area contributed by atoms with Gasteiger partial charge in [0.25, 0.3) is 0 Å². The fraction of sp³-hybridized carbons (Fsp3) is 0.938. The molecule has 116 valence electrons. The molecule has 0 radical (unpaired) electrons. The molecule has 0 aromatic rings. The van der Waals surface area contributed by atoms with E-state index in [0.29, 0.717) is 6.04 Å². The predicted molar refractivity (Wildman–Crippen MR) is 86.2 cm³/mol. The van der Waals surface area contributed by atoms with Gasteiger partial charge >= 0.3 is 0 Å². The first kappa shape index (κ1) is 15.6. The third-order valence-corrected chi connectivity index (χ3v) is 4.51. The summed E-state index contributed by atoms with van der Waals surface area (Å²) in [6, 6.07) is 0.664. The molecular weight excluding hydrogens is 248 g/mol. The molecule has 2 aliphatic heterocycles.